The maximum Gasteiger partial charge on any atom is 0.0377 e. The van der Waals surface area contributed by atoms with Crippen LogP contribution in [0.2, 0.25) is 0 Å². The summed E-state index contributed by atoms with van der Waals surface area (Å²) < 4.78 is 0. The lowest BCUT2D eigenvalue weighted by atomic mass is 9.93. The first-order chi connectivity index (χ1) is 8.45. The van der Waals surface area contributed by atoms with E-state index in [0.29, 0.717) is 0 Å². The Morgan fingerprint density at radius 1 is 0.882 bits per heavy atom. The lowest BCUT2D eigenvalue weighted by Gasteiger charge is -2.13. The van der Waals surface area contributed by atoms with Gasteiger partial charge < -0.3 is 0 Å². The van der Waals surface area contributed by atoms with Crippen molar-refractivity contribution >= 4 is 22.5 Å². The number of rotatable bonds is 2. The van der Waals surface area contributed by atoms with E-state index < -0.39 is 0 Å². The zero-order valence-electron chi connectivity index (χ0n) is 9.86. The van der Waals surface area contributed by atoms with Crippen molar-refractivity contribution < 1.29 is 0 Å². The van der Waals surface area contributed by atoms with Crippen molar-refractivity contribution in [2.45, 2.75) is 25.7 Å². The minimum atomic E-state index is 1.18. The molecule has 2 aliphatic rings. The van der Waals surface area contributed by atoms with Gasteiger partial charge in [-0.15, -0.1) is 11.3 Å². The lowest BCUT2D eigenvalue weighted by Crippen LogP contribution is -1.92. The van der Waals surface area contributed by atoms with Gasteiger partial charge in [-0.2, -0.15) is 0 Å². The van der Waals surface area contributed by atoms with Crippen LogP contribution in [0, 0.1) is 0 Å². The summed E-state index contributed by atoms with van der Waals surface area (Å²) in [4.78, 5) is 1.48. The molecule has 0 fully saturated rings. The fraction of sp³-hybridized carbons (Fsp3) is 0.250. The molecule has 0 N–H and O–H groups in total. The Morgan fingerprint density at radius 2 is 1.59 bits per heavy atom. The van der Waals surface area contributed by atoms with Crippen LogP contribution in [0.3, 0.4) is 0 Å². The van der Waals surface area contributed by atoms with E-state index in [2.05, 4.69) is 47.9 Å². The first-order valence-electron chi connectivity index (χ1n) is 6.25. The Kier molecular flexibility index (Phi) is 3.10. The largest absolute Gasteiger partial charge is 0.144 e. The molecule has 0 atom stereocenters. The molecule has 0 radical (unpaired) electrons. The molecule has 0 aliphatic heterocycles. The van der Waals surface area contributed by atoms with Crippen LogP contribution in [0.5, 0.6) is 0 Å². The van der Waals surface area contributed by atoms with Crippen molar-refractivity contribution in [3.63, 3.8) is 0 Å². The van der Waals surface area contributed by atoms with Gasteiger partial charge in [0, 0.05) is 4.88 Å². The smallest absolute Gasteiger partial charge is 0.0377 e. The highest BCUT2D eigenvalue weighted by Crippen LogP contribution is 2.36. The molecule has 1 aromatic heterocycles. The third-order valence-electron chi connectivity index (χ3n) is 3.33. The standard InChI is InChI=1S/C16H16S/c1-3-7-13(8-4-1)15-11-12-17-16(15)14-9-5-2-6-10-14/h1-3,5,7,9,11-12H,4,6,8,10H2. The van der Waals surface area contributed by atoms with Crippen molar-refractivity contribution in [1.82, 2.24) is 0 Å². The first-order valence-corrected chi connectivity index (χ1v) is 7.13. The van der Waals surface area contributed by atoms with Crippen LogP contribution in [0.15, 0.2) is 47.9 Å². The van der Waals surface area contributed by atoms with E-state index in [-0.39, 0.29) is 0 Å². The van der Waals surface area contributed by atoms with Gasteiger partial charge in [0.25, 0.3) is 0 Å². The second-order valence-corrected chi connectivity index (χ2v) is 5.40. The van der Waals surface area contributed by atoms with Crippen molar-refractivity contribution in [1.29, 1.82) is 0 Å². The van der Waals surface area contributed by atoms with Gasteiger partial charge in [-0.05, 0) is 53.8 Å². The first kappa shape index (κ1) is 10.8. The minimum absolute atomic E-state index is 1.18. The highest BCUT2D eigenvalue weighted by Gasteiger charge is 2.13. The molecule has 3 rings (SSSR count). The summed E-state index contributed by atoms with van der Waals surface area (Å²) in [5, 5.41) is 2.23. The SMILES string of the molecule is C1=CCCC(c2ccsc2C2=CC=CCC2)=C1. The summed E-state index contributed by atoms with van der Waals surface area (Å²) in [5.74, 6) is 0. The minimum Gasteiger partial charge on any atom is -0.144 e. The quantitative estimate of drug-likeness (QED) is 0.665. The second-order valence-electron chi connectivity index (χ2n) is 4.48. The Balaban J connectivity index is 1.99. The number of hydrogen-bond donors (Lipinski definition) is 0. The molecular formula is C16H16S. The Morgan fingerprint density at radius 3 is 2.24 bits per heavy atom. The van der Waals surface area contributed by atoms with E-state index in [9.17, 15) is 0 Å². The van der Waals surface area contributed by atoms with Gasteiger partial charge in [0.15, 0.2) is 0 Å². The molecule has 1 aromatic rings. The summed E-state index contributed by atoms with van der Waals surface area (Å²) in [6, 6.07) is 2.28. The zero-order valence-corrected chi connectivity index (χ0v) is 10.7. The van der Waals surface area contributed by atoms with Gasteiger partial charge in [0.05, 0.1) is 0 Å². The molecule has 0 saturated heterocycles. The summed E-state index contributed by atoms with van der Waals surface area (Å²) >= 11 is 1.88. The third kappa shape index (κ3) is 2.20. The van der Waals surface area contributed by atoms with Crippen molar-refractivity contribution in [3.05, 3.63) is 58.3 Å². The van der Waals surface area contributed by atoms with E-state index in [1.54, 1.807) is 0 Å². The van der Waals surface area contributed by atoms with Gasteiger partial charge in [-0.3, -0.25) is 0 Å². The number of hydrogen-bond acceptors (Lipinski definition) is 1. The number of allylic oxidation sites excluding steroid dienone is 8. The van der Waals surface area contributed by atoms with E-state index in [1.807, 2.05) is 11.3 Å². The second kappa shape index (κ2) is 4.89. The predicted octanol–water partition coefficient (Wildman–Crippen LogP) is 5.21. The van der Waals surface area contributed by atoms with Gasteiger partial charge >= 0.3 is 0 Å². The van der Waals surface area contributed by atoms with Crippen LogP contribution >= 0.6 is 11.3 Å². The summed E-state index contributed by atoms with van der Waals surface area (Å²) in [6.45, 7) is 0. The van der Waals surface area contributed by atoms with Gasteiger partial charge in [-0.25, -0.2) is 0 Å². The van der Waals surface area contributed by atoms with Gasteiger partial charge in [0.2, 0.25) is 0 Å². The summed E-state index contributed by atoms with van der Waals surface area (Å²) in [5.41, 5.74) is 4.47. The monoisotopic (exact) mass is 240 g/mol. The number of thiophene rings is 1. The Bertz CT molecular complexity index is 477. The topological polar surface area (TPSA) is 0 Å². The molecule has 0 aromatic carbocycles. The molecule has 0 spiro atoms. The Labute approximate surface area is 107 Å². The fourth-order valence-electron chi connectivity index (χ4n) is 2.43. The molecule has 2 aliphatic carbocycles. The van der Waals surface area contributed by atoms with E-state index in [1.165, 1.54) is 47.3 Å². The molecule has 0 saturated carbocycles. The van der Waals surface area contributed by atoms with Crippen LogP contribution in [0.4, 0.5) is 0 Å². The fourth-order valence-corrected chi connectivity index (χ4v) is 3.42. The average molecular weight is 240 g/mol. The zero-order chi connectivity index (χ0) is 11.5. The van der Waals surface area contributed by atoms with Crippen molar-refractivity contribution in [3.8, 4) is 0 Å². The molecule has 0 bridgehead atoms. The van der Waals surface area contributed by atoms with Crippen LogP contribution < -0.4 is 0 Å². The summed E-state index contributed by atoms with van der Waals surface area (Å²) in [7, 11) is 0. The van der Waals surface area contributed by atoms with Gasteiger partial charge in [0.1, 0.15) is 0 Å². The average Bonchev–Trinajstić information content (AvgIpc) is 2.90. The molecule has 0 amide bonds. The predicted molar refractivity (Wildman–Crippen MR) is 77.0 cm³/mol. The summed E-state index contributed by atoms with van der Waals surface area (Å²) in [6.07, 6.45) is 18.2. The van der Waals surface area contributed by atoms with Crippen molar-refractivity contribution in [2.75, 3.05) is 0 Å². The van der Waals surface area contributed by atoms with Crippen molar-refractivity contribution in [2.24, 2.45) is 0 Å². The highest BCUT2D eigenvalue weighted by molar-refractivity contribution is 7.11. The maximum absolute atomic E-state index is 2.28. The third-order valence-corrected chi connectivity index (χ3v) is 4.32. The molecule has 1 heteroatoms. The molecule has 0 unspecified atom stereocenters. The van der Waals surface area contributed by atoms with Crippen LogP contribution in [-0.2, 0) is 0 Å². The molecule has 1 heterocycles. The van der Waals surface area contributed by atoms with E-state index in [0.717, 1.165) is 0 Å². The molecular weight excluding hydrogens is 224 g/mol. The van der Waals surface area contributed by atoms with Crippen LogP contribution in [0.25, 0.3) is 11.1 Å². The lowest BCUT2D eigenvalue weighted by molar-refractivity contribution is 1.04. The van der Waals surface area contributed by atoms with E-state index in [4.69, 9.17) is 0 Å². The molecule has 86 valence electrons. The Hall–Kier alpha value is -1.34. The van der Waals surface area contributed by atoms with Crippen LogP contribution in [-0.4, -0.2) is 0 Å². The van der Waals surface area contributed by atoms with E-state index >= 15 is 0 Å². The highest BCUT2D eigenvalue weighted by atomic mass is 32.1. The van der Waals surface area contributed by atoms with Crippen LogP contribution in [0.1, 0.15) is 36.1 Å². The molecule has 0 nitrogen and oxygen atoms in total. The van der Waals surface area contributed by atoms with Gasteiger partial charge in [-0.1, -0.05) is 36.5 Å². The molecule has 17 heavy (non-hydrogen) atoms. The maximum atomic E-state index is 2.28. The normalized spacial score (nSPS) is 19.1.